The van der Waals surface area contributed by atoms with Gasteiger partial charge in [0.2, 0.25) is 0 Å². The third kappa shape index (κ3) is 3.83. The average molecular weight is 428 g/mol. The standard InChI is InChI=1S/C23H26FN3O2S/c1-5-12(2)30-22-26-20-19(21(29)27-22)17(13-7-6-8-14(24)9-13)18-15(25-20)10-23(3,4)11-16(18)28/h6-9,12,17H,5,10-11H2,1-4H3,(H2,25,26,27,29). The number of hydrogen-bond acceptors (Lipinski definition) is 5. The third-order valence-electron chi connectivity index (χ3n) is 5.77. The molecule has 0 saturated carbocycles. The van der Waals surface area contributed by atoms with Crippen LogP contribution in [0.25, 0.3) is 0 Å². The molecule has 1 aliphatic carbocycles. The molecule has 4 rings (SSSR count). The second-order valence-electron chi connectivity index (χ2n) is 8.92. The molecule has 30 heavy (non-hydrogen) atoms. The molecule has 2 atom stereocenters. The summed E-state index contributed by atoms with van der Waals surface area (Å²) < 4.78 is 14.1. The highest BCUT2D eigenvalue weighted by molar-refractivity contribution is 7.99. The van der Waals surface area contributed by atoms with Crippen LogP contribution in [0.5, 0.6) is 0 Å². The highest BCUT2D eigenvalue weighted by Gasteiger charge is 2.42. The number of nitrogens with zero attached hydrogens (tertiary/aromatic N) is 1. The zero-order valence-electron chi connectivity index (χ0n) is 17.6. The number of aromatic amines is 1. The number of aromatic nitrogens is 2. The fourth-order valence-electron chi connectivity index (χ4n) is 4.24. The minimum Gasteiger partial charge on any atom is -0.343 e. The minimum absolute atomic E-state index is 0.00822. The number of fused-ring (bicyclic) bond motifs is 1. The second kappa shape index (κ2) is 7.69. The van der Waals surface area contributed by atoms with Gasteiger partial charge in [-0.25, -0.2) is 9.37 Å². The summed E-state index contributed by atoms with van der Waals surface area (Å²) in [5.41, 5.74) is 1.82. The van der Waals surface area contributed by atoms with E-state index in [1.807, 2.05) is 0 Å². The zero-order chi connectivity index (χ0) is 21.6. The van der Waals surface area contributed by atoms with Crippen molar-refractivity contribution in [2.45, 2.75) is 63.3 Å². The molecule has 1 aromatic heterocycles. The lowest BCUT2D eigenvalue weighted by Gasteiger charge is -2.38. The summed E-state index contributed by atoms with van der Waals surface area (Å²) in [6, 6.07) is 6.14. The molecule has 2 aliphatic rings. The van der Waals surface area contributed by atoms with E-state index in [0.29, 0.717) is 45.8 Å². The second-order valence-corrected chi connectivity index (χ2v) is 10.3. The number of carbonyl (C=O) groups excluding carboxylic acids is 1. The Morgan fingerprint density at radius 3 is 2.77 bits per heavy atom. The van der Waals surface area contributed by atoms with Crippen molar-refractivity contribution in [3.63, 3.8) is 0 Å². The molecule has 2 aromatic rings. The first-order valence-corrected chi connectivity index (χ1v) is 11.2. The van der Waals surface area contributed by atoms with E-state index in [1.54, 1.807) is 12.1 Å². The molecule has 158 valence electrons. The summed E-state index contributed by atoms with van der Waals surface area (Å²) >= 11 is 1.51. The van der Waals surface area contributed by atoms with Crippen molar-refractivity contribution in [2.24, 2.45) is 5.41 Å². The first kappa shape index (κ1) is 20.8. The van der Waals surface area contributed by atoms with Crippen molar-refractivity contribution in [2.75, 3.05) is 5.32 Å². The Balaban J connectivity index is 1.91. The summed E-state index contributed by atoms with van der Waals surface area (Å²) in [6.07, 6.45) is 2.01. The van der Waals surface area contributed by atoms with Crippen LogP contribution in [0.2, 0.25) is 0 Å². The Labute approximate surface area is 179 Å². The average Bonchev–Trinajstić information content (AvgIpc) is 2.65. The Kier molecular flexibility index (Phi) is 5.34. The van der Waals surface area contributed by atoms with E-state index in [0.717, 1.165) is 12.1 Å². The van der Waals surface area contributed by atoms with Crippen LogP contribution in [-0.2, 0) is 4.79 Å². The normalized spacial score (nSPS) is 21.0. The van der Waals surface area contributed by atoms with Crippen molar-refractivity contribution < 1.29 is 9.18 Å². The fourth-order valence-corrected chi connectivity index (χ4v) is 5.09. The van der Waals surface area contributed by atoms with E-state index < -0.39 is 11.7 Å². The molecule has 0 saturated heterocycles. The van der Waals surface area contributed by atoms with Crippen molar-refractivity contribution in [3.05, 3.63) is 62.8 Å². The van der Waals surface area contributed by atoms with Gasteiger partial charge in [0, 0.05) is 28.9 Å². The molecule has 2 unspecified atom stereocenters. The molecule has 0 radical (unpaired) electrons. The van der Waals surface area contributed by atoms with Crippen molar-refractivity contribution in [3.8, 4) is 0 Å². The van der Waals surface area contributed by atoms with E-state index in [9.17, 15) is 14.0 Å². The third-order valence-corrected chi connectivity index (χ3v) is 6.92. The lowest BCUT2D eigenvalue weighted by atomic mass is 9.69. The summed E-state index contributed by atoms with van der Waals surface area (Å²) in [5.74, 6) is -0.574. The maximum Gasteiger partial charge on any atom is 0.257 e. The Morgan fingerprint density at radius 2 is 2.07 bits per heavy atom. The lowest BCUT2D eigenvalue weighted by Crippen LogP contribution is -2.37. The van der Waals surface area contributed by atoms with Crippen LogP contribution < -0.4 is 10.9 Å². The van der Waals surface area contributed by atoms with E-state index in [4.69, 9.17) is 0 Å². The van der Waals surface area contributed by atoms with E-state index in [1.165, 1.54) is 23.9 Å². The summed E-state index contributed by atoms with van der Waals surface area (Å²) in [6.45, 7) is 8.27. The predicted molar refractivity (Wildman–Crippen MR) is 117 cm³/mol. The summed E-state index contributed by atoms with van der Waals surface area (Å²) in [7, 11) is 0. The molecule has 0 spiro atoms. The molecule has 2 heterocycles. The van der Waals surface area contributed by atoms with Gasteiger partial charge < -0.3 is 10.3 Å². The molecule has 5 nitrogen and oxygen atoms in total. The van der Waals surface area contributed by atoms with Gasteiger partial charge in [-0.05, 0) is 36.0 Å². The number of thioether (sulfide) groups is 1. The number of allylic oxidation sites excluding steroid dienone is 2. The molecule has 1 aliphatic heterocycles. The van der Waals surface area contributed by atoms with Gasteiger partial charge in [0.25, 0.3) is 5.56 Å². The predicted octanol–water partition coefficient (Wildman–Crippen LogP) is 5.00. The highest BCUT2D eigenvalue weighted by Crippen LogP contribution is 2.47. The fraction of sp³-hybridized carbons (Fsp3) is 0.435. The van der Waals surface area contributed by atoms with Gasteiger partial charge >= 0.3 is 0 Å². The summed E-state index contributed by atoms with van der Waals surface area (Å²) in [4.78, 5) is 33.9. The first-order valence-electron chi connectivity index (χ1n) is 10.3. The molecular weight excluding hydrogens is 401 g/mol. The van der Waals surface area contributed by atoms with Crippen LogP contribution in [0.1, 0.15) is 64.0 Å². The van der Waals surface area contributed by atoms with Crippen LogP contribution in [0.3, 0.4) is 0 Å². The number of H-pyrrole nitrogens is 1. The number of benzene rings is 1. The number of anilines is 1. The highest BCUT2D eigenvalue weighted by atomic mass is 32.2. The monoisotopic (exact) mass is 427 g/mol. The Morgan fingerprint density at radius 1 is 1.30 bits per heavy atom. The largest absolute Gasteiger partial charge is 0.343 e. The van der Waals surface area contributed by atoms with Gasteiger partial charge in [-0.2, -0.15) is 0 Å². The number of ketones is 1. The first-order chi connectivity index (χ1) is 14.2. The van der Waals surface area contributed by atoms with Crippen molar-refractivity contribution in [1.82, 2.24) is 9.97 Å². The number of rotatable bonds is 4. The quantitative estimate of drug-likeness (QED) is 0.531. The van der Waals surface area contributed by atoms with Gasteiger partial charge in [0.15, 0.2) is 10.9 Å². The number of carbonyl (C=O) groups is 1. The maximum atomic E-state index is 14.1. The van der Waals surface area contributed by atoms with Gasteiger partial charge in [-0.3, -0.25) is 9.59 Å². The Bertz CT molecular complexity index is 1110. The molecule has 2 N–H and O–H groups in total. The number of halogens is 1. The SMILES string of the molecule is CCC(C)Sc1nc2c(c(=O)[nH]1)C(c1cccc(F)c1)C1=C(CC(C)(C)CC1=O)N2. The van der Waals surface area contributed by atoms with E-state index >= 15 is 0 Å². The zero-order valence-corrected chi connectivity index (χ0v) is 18.5. The number of nitrogens with one attached hydrogen (secondary N) is 2. The topological polar surface area (TPSA) is 74.8 Å². The van der Waals surface area contributed by atoms with Gasteiger partial charge in [0.05, 0.1) is 5.56 Å². The van der Waals surface area contributed by atoms with Gasteiger partial charge in [-0.1, -0.05) is 51.6 Å². The molecule has 7 heteroatoms. The van der Waals surface area contributed by atoms with Crippen molar-refractivity contribution >= 4 is 23.4 Å². The maximum absolute atomic E-state index is 14.1. The van der Waals surface area contributed by atoms with Gasteiger partial charge in [0.1, 0.15) is 11.6 Å². The van der Waals surface area contributed by atoms with E-state index in [-0.39, 0.29) is 16.8 Å². The van der Waals surface area contributed by atoms with Crippen molar-refractivity contribution in [1.29, 1.82) is 0 Å². The molecule has 0 amide bonds. The van der Waals surface area contributed by atoms with Gasteiger partial charge in [-0.15, -0.1) is 0 Å². The van der Waals surface area contributed by atoms with Crippen LogP contribution in [0.15, 0.2) is 45.5 Å². The minimum atomic E-state index is -0.630. The molecular formula is C23H26FN3O2S. The molecule has 1 aromatic carbocycles. The van der Waals surface area contributed by atoms with Crippen LogP contribution in [0, 0.1) is 11.2 Å². The number of Topliss-reactive ketones (excluding diaryl/α,β-unsaturated/α-hetero) is 1. The summed E-state index contributed by atoms with van der Waals surface area (Å²) in [5, 5.41) is 4.14. The van der Waals surface area contributed by atoms with E-state index in [2.05, 4.69) is 43.0 Å². The smallest absolute Gasteiger partial charge is 0.257 e. The molecule has 0 bridgehead atoms. The number of hydrogen-bond donors (Lipinski definition) is 2. The lowest BCUT2D eigenvalue weighted by molar-refractivity contribution is -0.118. The van der Waals surface area contributed by atoms with Crippen LogP contribution in [0.4, 0.5) is 10.2 Å². The Hall–Kier alpha value is -2.41. The van der Waals surface area contributed by atoms with Crippen LogP contribution >= 0.6 is 11.8 Å². The van der Waals surface area contributed by atoms with Crippen LogP contribution in [-0.4, -0.2) is 21.0 Å². The molecule has 0 fully saturated rings.